The first kappa shape index (κ1) is 14.6. The summed E-state index contributed by atoms with van der Waals surface area (Å²) in [7, 11) is 0. The summed E-state index contributed by atoms with van der Waals surface area (Å²) in [6, 6.07) is 3.23. The minimum atomic E-state index is -1.14. The third-order valence-corrected chi connectivity index (χ3v) is 2.27. The number of amides is 2. The van der Waals surface area contributed by atoms with Gasteiger partial charge in [-0.15, -0.1) is 0 Å². The van der Waals surface area contributed by atoms with Crippen LogP contribution in [0.15, 0.2) is 29.8 Å². The first-order valence-corrected chi connectivity index (χ1v) is 5.64. The highest BCUT2D eigenvalue weighted by atomic mass is 16.4. The molecule has 1 rings (SSSR count). The highest BCUT2D eigenvalue weighted by Gasteiger charge is 2.09. The van der Waals surface area contributed by atoms with Crippen LogP contribution in [0.4, 0.5) is 10.5 Å². The lowest BCUT2D eigenvalue weighted by Gasteiger charge is -2.08. The largest absolute Gasteiger partial charge is 0.506 e. The second kappa shape index (κ2) is 6.44. The van der Waals surface area contributed by atoms with Crippen molar-refractivity contribution in [1.29, 1.82) is 0 Å². The van der Waals surface area contributed by atoms with Gasteiger partial charge in [-0.1, -0.05) is 11.6 Å². The Hall–Kier alpha value is -2.50. The number of carbonyl (C=O) groups excluding carboxylic acids is 1. The van der Waals surface area contributed by atoms with Crippen molar-refractivity contribution in [3.05, 3.63) is 35.4 Å². The molecule has 0 atom stereocenters. The second-order valence-electron chi connectivity index (χ2n) is 4.15. The molecule has 0 aliphatic heterocycles. The molecule has 0 heterocycles. The number of urea groups is 1. The predicted molar refractivity (Wildman–Crippen MR) is 71.5 cm³/mol. The number of hydrogen-bond acceptors (Lipinski definition) is 3. The number of nitrogens with one attached hydrogen (secondary N) is 2. The summed E-state index contributed by atoms with van der Waals surface area (Å²) in [6.45, 7) is 4.20. The van der Waals surface area contributed by atoms with E-state index in [1.165, 1.54) is 12.1 Å². The minimum absolute atomic E-state index is 0.0481. The predicted octanol–water partition coefficient (Wildman–Crippen LogP) is 2.18. The summed E-state index contributed by atoms with van der Waals surface area (Å²) in [4.78, 5) is 22.2. The van der Waals surface area contributed by atoms with E-state index in [-0.39, 0.29) is 17.0 Å². The normalized spacial score (nSPS) is 9.58. The molecule has 2 amide bonds. The SMILES string of the molecule is CC(C)=CCNC(=O)Nc1ccc(C(=O)O)cc1O. The molecule has 1 aromatic carbocycles. The van der Waals surface area contributed by atoms with Gasteiger partial charge in [0.25, 0.3) is 0 Å². The zero-order valence-corrected chi connectivity index (χ0v) is 10.7. The van der Waals surface area contributed by atoms with Gasteiger partial charge in [-0.3, -0.25) is 0 Å². The lowest BCUT2D eigenvalue weighted by atomic mass is 10.2. The van der Waals surface area contributed by atoms with E-state index in [1.54, 1.807) is 0 Å². The summed E-state index contributed by atoms with van der Waals surface area (Å²) in [6.07, 6.45) is 1.84. The average molecular weight is 264 g/mol. The molecule has 0 aliphatic rings. The fourth-order valence-electron chi connectivity index (χ4n) is 1.28. The Morgan fingerprint density at radius 3 is 2.53 bits per heavy atom. The Kier molecular flexibility index (Phi) is 4.93. The van der Waals surface area contributed by atoms with Crippen molar-refractivity contribution in [1.82, 2.24) is 5.32 Å². The molecule has 102 valence electrons. The first-order valence-electron chi connectivity index (χ1n) is 5.64. The number of benzene rings is 1. The lowest BCUT2D eigenvalue weighted by molar-refractivity contribution is 0.0696. The Morgan fingerprint density at radius 2 is 2.00 bits per heavy atom. The molecule has 0 aromatic heterocycles. The van der Waals surface area contributed by atoms with Crippen molar-refractivity contribution >= 4 is 17.7 Å². The number of allylic oxidation sites excluding steroid dienone is 1. The van der Waals surface area contributed by atoms with Gasteiger partial charge < -0.3 is 20.8 Å². The van der Waals surface area contributed by atoms with Gasteiger partial charge in [0.1, 0.15) is 5.75 Å². The molecule has 0 saturated carbocycles. The standard InChI is InChI=1S/C13H16N2O4/c1-8(2)5-6-14-13(19)15-10-4-3-9(12(17)18)7-11(10)16/h3-5,7,16H,6H2,1-2H3,(H,17,18)(H2,14,15,19). The average Bonchev–Trinajstić information content (AvgIpc) is 2.31. The number of carboxylic acids is 1. The molecule has 0 spiro atoms. The molecule has 6 heteroatoms. The van der Waals surface area contributed by atoms with Crippen molar-refractivity contribution in [2.45, 2.75) is 13.8 Å². The molecule has 4 N–H and O–H groups in total. The van der Waals surface area contributed by atoms with E-state index in [0.717, 1.165) is 11.6 Å². The van der Waals surface area contributed by atoms with Gasteiger partial charge in [0, 0.05) is 6.54 Å². The van der Waals surface area contributed by atoms with Crippen molar-refractivity contribution in [2.24, 2.45) is 0 Å². The van der Waals surface area contributed by atoms with Crippen LogP contribution in [0.2, 0.25) is 0 Å². The van der Waals surface area contributed by atoms with Crippen LogP contribution < -0.4 is 10.6 Å². The van der Waals surface area contributed by atoms with Gasteiger partial charge in [0.2, 0.25) is 0 Å². The van der Waals surface area contributed by atoms with E-state index >= 15 is 0 Å². The topological polar surface area (TPSA) is 98.7 Å². The van der Waals surface area contributed by atoms with Gasteiger partial charge in [-0.2, -0.15) is 0 Å². The third kappa shape index (κ3) is 4.71. The van der Waals surface area contributed by atoms with Crippen LogP contribution in [0.5, 0.6) is 5.75 Å². The number of aromatic carboxylic acids is 1. The van der Waals surface area contributed by atoms with E-state index in [2.05, 4.69) is 10.6 Å². The van der Waals surface area contributed by atoms with E-state index in [1.807, 2.05) is 19.9 Å². The zero-order chi connectivity index (χ0) is 14.4. The van der Waals surface area contributed by atoms with E-state index in [0.29, 0.717) is 6.54 Å². The number of carbonyl (C=O) groups is 2. The Morgan fingerprint density at radius 1 is 1.32 bits per heavy atom. The number of carboxylic acid groups (broad SMARTS) is 1. The maximum Gasteiger partial charge on any atom is 0.335 e. The van der Waals surface area contributed by atoms with Crippen LogP contribution in [-0.4, -0.2) is 28.8 Å². The molecule has 0 saturated heterocycles. The minimum Gasteiger partial charge on any atom is -0.506 e. The summed E-state index contributed by atoms with van der Waals surface area (Å²) >= 11 is 0. The summed E-state index contributed by atoms with van der Waals surface area (Å²) in [5.41, 5.74) is 1.18. The zero-order valence-electron chi connectivity index (χ0n) is 10.7. The number of phenolic OH excluding ortho intramolecular Hbond substituents is 1. The van der Waals surface area contributed by atoms with Gasteiger partial charge in [-0.25, -0.2) is 9.59 Å². The van der Waals surface area contributed by atoms with Gasteiger partial charge >= 0.3 is 12.0 Å². The number of phenols is 1. The summed E-state index contributed by atoms with van der Waals surface area (Å²) in [5.74, 6) is -1.44. The van der Waals surface area contributed by atoms with E-state index < -0.39 is 12.0 Å². The van der Waals surface area contributed by atoms with Crippen molar-refractivity contribution in [3.8, 4) is 5.75 Å². The molecule has 0 aliphatic carbocycles. The molecular formula is C13H16N2O4. The van der Waals surface area contributed by atoms with Crippen LogP contribution in [0, 0.1) is 0 Å². The molecule has 0 unspecified atom stereocenters. The van der Waals surface area contributed by atoms with Gasteiger partial charge in [0.15, 0.2) is 0 Å². The van der Waals surface area contributed by atoms with Crippen molar-refractivity contribution in [3.63, 3.8) is 0 Å². The Balaban J connectivity index is 2.64. The fraction of sp³-hybridized carbons (Fsp3) is 0.231. The molecule has 6 nitrogen and oxygen atoms in total. The first-order chi connectivity index (χ1) is 8.90. The number of rotatable bonds is 4. The van der Waals surface area contributed by atoms with Crippen LogP contribution in [0.3, 0.4) is 0 Å². The number of anilines is 1. The van der Waals surface area contributed by atoms with E-state index in [9.17, 15) is 14.7 Å². The second-order valence-corrected chi connectivity index (χ2v) is 4.15. The molecule has 1 aromatic rings. The third-order valence-electron chi connectivity index (χ3n) is 2.27. The summed E-state index contributed by atoms with van der Waals surface area (Å²) in [5, 5.41) is 23.3. The van der Waals surface area contributed by atoms with E-state index in [4.69, 9.17) is 5.11 Å². The summed E-state index contributed by atoms with van der Waals surface area (Å²) < 4.78 is 0. The Bertz CT molecular complexity index is 519. The van der Waals surface area contributed by atoms with Crippen LogP contribution in [-0.2, 0) is 0 Å². The van der Waals surface area contributed by atoms with Crippen LogP contribution >= 0.6 is 0 Å². The monoisotopic (exact) mass is 264 g/mol. The Labute approximate surface area is 110 Å². The quantitative estimate of drug-likeness (QED) is 0.494. The molecule has 0 radical (unpaired) electrons. The van der Waals surface area contributed by atoms with Crippen LogP contribution in [0.25, 0.3) is 0 Å². The maximum absolute atomic E-state index is 11.5. The molecule has 0 bridgehead atoms. The lowest BCUT2D eigenvalue weighted by Crippen LogP contribution is -2.28. The molecule has 0 fully saturated rings. The fourth-order valence-corrected chi connectivity index (χ4v) is 1.28. The van der Waals surface area contributed by atoms with Crippen molar-refractivity contribution < 1.29 is 19.8 Å². The van der Waals surface area contributed by atoms with Crippen LogP contribution in [0.1, 0.15) is 24.2 Å². The molecule has 19 heavy (non-hydrogen) atoms. The smallest absolute Gasteiger partial charge is 0.335 e. The number of hydrogen-bond donors (Lipinski definition) is 4. The maximum atomic E-state index is 11.5. The highest BCUT2D eigenvalue weighted by Crippen LogP contribution is 2.24. The highest BCUT2D eigenvalue weighted by molar-refractivity contribution is 5.93. The number of aromatic hydroxyl groups is 1. The molecular weight excluding hydrogens is 248 g/mol. The van der Waals surface area contributed by atoms with Gasteiger partial charge in [-0.05, 0) is 32.0 Å². The van der Waals surface area contributed by atoms with Gasteiger partial charge in [0.05, 0.1) is 11.3 Å². The van der Waals surface area contributed by atoms with Crippen molar-refractivity contribution in [2.75, 3.05) is 11.9 Å².